The maximum absolute atomic E-state index is 12.3. The lowest BCUT2D eigenvalue weighted by molar-refractivity contribution is 0.551. The Hall–Kier alpha value is -1.18. The summed E-state index contributed by atoms with van der Waals surface area (Å²) < 4.78 is 30.0. The highest BCUT2D eigenvalue weighted by molar-refractivity contribution is 9.10. The summed E-state index contributed by atoms with van der Waals surface area (Å²) in [5.74, 6) is 0.552. The standard InChI is InChI=1S/C17H24BrN3O2S/c1-13(2)11-15-5-7-16(8-6-15)24(22,23)19-9-4-10-21-12-17(18)14(3)20-21/h5-8,12-13,19H,4,9-11H2,1-3H3. The molecule has 1 N–H and O–H groups in total. The number of sulfonamides is 1. The summed E-state index contributed by atoms with van der Waals surface area (Å²) in [6.45, 7) is 7.26. The molecule has 1 aromatic carbocycles. The predicted octanol–water partition coefficient (Wildman–Crippen LogP) is 3.52. The van der Waals surface area contributed by atoms with Gasteiger partial charge in [-0.15, -0.1) is 0 Å². The van der Waals surface area contributed by atoms with Crippen molar-refractivity contribution in [2.45, 2.75) is 45.1 Å². The van der Waals surface area contributed by atoms with Gasteiger partial charge in [0.15, 0.2) is 0 Å². The molecule has 0 unspecified atom stereocenters. The molecule has 2 rings (SSSR count). The van der Waals surface area contributed by atoms with E-state index in [1.54, 1.807) is 12.1 Å². The highest BCUT2D eigenvalue weighted by Gasteiger charge is 2.13. The Labute approximate surface area is 152 Å². The maximum Gasteiger partial charge on any atom is 0.240 e. The van der Waals surface area contributed by atoms with Gasteiger partial charge in [0.2, 0.25) is 10.0 Å². The zero-order valence-corrected chi connectivity index (χ0v) is 16.7. The summed E-state index contributed by atoms with van der Waals surface area (Å²) in [6.07, 6.45) is 3.53. The number of aryl methyl sites for hydroxylation is 2. The van der Waals surface area contributed by atoms with Crippen molar-refractivity contribution < 1.29 is 8.42 Å². The highest BCUT2D eigenvalue weighted by Crippen LogP contribution is 2.14. The van der Waals surface area contributed by atoms with Crippen LogP contribution in [0, 0.1) is 12.8 Å². The van der Waals surface area contributed by atoms with Gasteiger partial charge in [0.1, 0.15) is 0 Å². The molecular formula is C17H24BrN3O2S. The fourth-order valence-electron chi connectivity index (χ4n) is 2.42. The average Bonchev–Trinajstić information content (AvgIpc) is 2.82. The van der Waals surface area contributed by atoms with Gasteiger partial charge in [0.25, 0.3) is 0 Å². The van der Waals surface area contributed by atoms with Gasteiger partial charge in [0, 0.05) is 19.3 Å². The molecule has 7 heteroatoms. The summed E-state index contributed by atoms with van der Waals surface area (Å²) in [7, 11) is -3.45. The quantitative estimate of drug-likeness (QED) is 0.673. The zero-order chi connectivity index (χ0) is 17.7. The lowest BCUT2D eigenvalue weighted by atomic mass is 10.0. The number of nitrogens with zero attached hydrogens (tertiary/aromatic N) is 2. The second-order valence-corrected chi connectivity index (χ2v) is 8.94. The van der Waals surface area contributed by atoms with Gasteiger partial charge >= 0.3 is 0 Å². The third-order valence-electron chi connectivity index (χ3n) is 3.62. The van der Waals surface area contributed by atoms with Crippen LogP contribution in [0.5, 0.6) is 0 Å². The van der Waals surface area contributed by atoms with Gasteiger partial charge < -0.3 is 0 Å². The Kier molecular flexibility index (Phi) is 6.60. The number of rotatable bonds is 8. The molecular weight excluding hydrogens is 390 g/mol. The molecule has 24 heavy (non-hydrogen) atoms. The van der Waals surface area contributed by atoms with E-state index in [1.807, 2.05) is 29.9 Å². The monoisotopic (exact) mass is 413 g/mol. The van der Waals surface area contributed by atoms with E-state index in [0.717, 1.165) is 22.2 Å². The lowest BCUT2D eigenvalue weighted by Crippen LogP contribution is -2.25. The molecule has 0 radical (unpaired) electrons. The molecule has 1 aromatic heterocycles. The van der Waals surface area contributed by atoms with E-state index in [2.05, 4.69) is 39.6 Å². The molecule has 132 valence electrons. The number of nitrogens with one attached hydrogen (secondary N) is 1. The fraction of sp³-hybridized carbons (Fsp3) is 0.471. The first-order valence-corrected chi connectivity index (χ1v) is 10.3. The van der Waals surface area contributed by atoms with Crippen LogP contribution in [-0.2, 0) is 23.0 Å². The highest BCUT2D eigenvalue weighted by atomic mass is 79.9. The van der Waals surface area contributed by atoms with Crippen molar-refractivity contribution in [3.05, 3.63) is 46.2 Å². The van der Waals surface area contributed by atoms with Gasteiger partial charge in [-0.2, -0.15) is 5.10 Å². The summed E-state index contributed by atoms with van der Waals surface area (Å²) >= 11 is 3.41. The number of benzene rings is 1. The Balaban J connectivity index is 1.86. The van der Waals surface area contributed by atoms with Crippen LogP contribution in [0.3, 0.4) is 0 Å². The molecule has 0 bridgehead atoms. The van der Waals surface area contributed by atoms with Gasteiger partial charge in [-0.05, 0) is 59.3 Å². The molecule has 5 nitrogen and oxygen atoms in total. The molecule has 0 fully saturated rings. The van der Waals surface area contributed by atoms with E-state index in [1.165, 1.54) is 0 Å². The molecule has 0 atom stereocenters. The van der Waals surface area contributed by atoms with Crippen molar-refractivity contribution >= 4 is 26.0 Å². The topological polar surface area (TPSA) is 64.0 Å². The van der Waals surface area contributed by atoms with Crippen LogP contribution in [-0.4, -0.2) is 24.7 Å². The van der Waals surface area contributed by atoms with Crippen molar-refractivity contribution in [1.82, 2.24) is 14.5 Å². The second kappa shape index (κ2) is 8.27. The third kappa shape index (κ3) is 5.43. The largest absolute Gasteiger partial charge is 0.271 e. The lowest BCUT2D eigenvalue weighted by Gasteiger charge is -2.09. The van der Waals surface area contributed by atoms with Crippen LogP contribution in [0.15, 0.2) is 39.8 Å². The van der Waals surface area contributed by atoms with Crippen molar-refractivity contribution in [3.63, 3.8) is 0 Å². The molecule has 0 spiro atoms. The minimum Gasteiger partial charge on any atom is -0.271 e. The molecule has 2 aromatic rings. The van der Waals surface area contributed by atoms with E-state index in [-0.39, 0.29) is 0 Å². The Morgan fingerprint density at radius 1 is 1.25 bits per heavy atom. The first-order chi connectivity index (χ1) is 11.3. The van der Waals surface area contributed by atoms with E-state index in [0.29, 0.717) is 30.3 Å². The number of hydrogen-bond donors (Lipinski definition) is 1. The summed E-state index contributed by atoms with van der Waals surface area (Å²) in [5, 5.41) is 4.33. The normalized spacial score (nSPS) is 12.0. The van der Waals surface area contributed by atoms with Crippen molar-refractivity contribution in [2.75, 3.05) is 6.54 Å². The van der Waals surface area contributed by atoms with Crippen molar-refractivity contribution in [1.29, 1.82) is 0 Å². The van der Waals surface area contributed by atoms with Crippen LogP contribution in [0.4, 0.5) is 0 Å². The number of hydrogen-bond acceptors (Lipinski definition) is 3. The first kappa shape index (κ1) is 19.1. The molecule has 0 saturated heterocycles. The maximum atomic E-state index is 12.3. The van der Waals surface area contributed by atoms with E-state index in [9.17, 15) is 8.42 Å². The van der Waals surface area contributed by atoms with Crippen molar-refractivity contribution in [2.24, 2.45) is 5.92 Å². The minimum atomic E-state index is -3.45. The SMILES string of the molecule is Cc1nn(CCCNS(=O)(=O)c2ccc(CC(C)C)cc2)cc1Br. The summed E-state index contributed by atoms with van der Waals surface area (Å²) in [5.41, 5.74) is 2.08. The van der Waals surface area contributed by atoms with Crippen LogP contribution in [0.25, 0.3) is 0 Å². The smallest absolute Gasteiger partial charge is 0.240 e. The fourth-order valence-corrected chi connectivity index (χ4v) is 3.80. The Morgan fingerprint density at radius 3 is 2.46 bits per heavy atom. The zero-order valence-electron chi connectivity index (χ0n) is 14.3. The van der Waals surface area contributed by atoms with Crippen LogP contribution in [0.1, 0.15) is 31.5 Å². The third-order valence-corrected chi connectivity index (χ3v) is 5.88. The average molecular weight is 414 g/mol. The molecule has 0 amide bonds. The van der Waals surface area contributed by atoms with E-state index < -0.39 is 10.0 Å². The van der Waals surface area contributed by atoms with Gasteiger partial charge in [0.05, 0.1) is 15.1 Å². The molecule has 0 saturated carbocycles. The molecule has 0 aliphatic carbocycles. The number of halogens is 1. The predicted molar refractivity (Wildman–Crippen MR) is 99.5 cm³/mol. The molecule has 0 aliphatic heterocycles. The van der Waals surface area contributed by atoms with Crippen LogP contribution in [0.2, 0.25) is 0 Å². The Morgan fingerprint density at radius 2 is 1.92 bits per heavy atom. The van der Waals surface area contributed by atoms with E-state index >= 15 is 0 Å². The van der Waals surface area contributed by atoms with Gasteiger partial charge in [-0.1, -0.05) is 26.0 Å². The van der Waals surface area contributed by atoms with Crippen molar-refractivity contribution in [3.8, 4) is 0 Å². The molecule has 0 aliphatic rings. The van der Waals surface area contributed by atoms with Crippen LogP contribution >= 0.6 is 15.9 Å². The van der Waals surface area contributed by atoms with Gasteiger partial charge in [-0.25, -0.2) is 13.1 Å². The minimum absolute atomic E-state index is 0.313. The summed E-state index contributed by atoms with van der Waals surface area (Å²) in [4.78, 5) is 0.313. The Bertz CT molecular complexity index is 748. The molecule has 1 heterocycles. The van der Waals surface area contributed by atoms with Gasteiger partial charge in [-0.3, -0.25) is 4.68 Å². The summed E-state index contributed by atoms with van der Waals surface area (Å²) in [6, 6.07) is 7.12. The number of aromatic nitrogens is 2. The second-order valence-electron chi connectivity index (χ2n) is 6.32. The first-order valence-electron chi connectivity index (χ1n) is 8.06. The van der Waals surface area contributed by atoms with Crippen LogP contribution < -0.4 is 4.72 Å². The van der Waals surface area contributed by atoms with E-state index in [4.69, 9.17) is 0 Å².